The number of nitrogens with one attached hydrogen (secondary N) is 3. The summed E-state index contributed by atoms with van der Waals surface area (Å²) < 4.78 is 0. The van der Waals surface area contributed by atoms with Crippen molar-refractivity contribution in [1.82, 2.24) is 15.6 Å². The minimum atomic E-state index is -0.628. The zero-order chi connectivity index (χ0) is 22.2. The van der Waals surface area contributed by atoms with E-state index in [1.54, 1.807) is 19.9 Å². The summed E-state index contributed by atoms with van der Waals surface area (Å²) in [6, 6.07) is 5.35. The average molecular weight is 408 g/mol. The zero-order valence-corrected chi connectivity index (χ0v) is 17.9. The number of carbonyl (C=O) groups is 2. The SMILES string of the molecule is C=CC(C)(C)c1[nH]c2ccc(C[C@@H](O)C(=C)C)cc2c1/C=C1\NC(=O)[C@H](C)NC1=O. The molecule has 6 nitrogen and oxygen atoms in total. The third-order valence-corrected chi connectivity index (χ3v) is 5.59. The van der Waals surface area contributed by atoms with Crippen molar-refractivity contribution in [2.75, 3.05) is 0 Å². The van der Waals surface area contributed by atoms with Crippen LogP contribution in [0.15, 0.2) is 48.7 Å². The first-order valence-electron chi connectivity index (χ1n) is 9.99. The van der Waals surface area contributed by atoms with E-state index in [1.165, 1.54) is 0 Å². The normalized spacial score (nSPS) is 19.5. The maximum atomic E-state index is 12.5. The Hall–Kier alpha value is -3.12. The van der Waals surface area contributed by atoms with E-state index >= 15 is 0 Å². The van der Waals surface area contributed by atoms with Crippen LogP contribution >= 0.6 is 0 Å². The van der Waals surface area contributed by atoms with Crippen LogP contribution in [-0.2, 0) is 21.4 Å². The molecule has 1 fully saturated rings. The molecular weight excluding hydrogens is 378 g/mol. The smallest absolute Gasteiger partial charge is 0.268 e. The number of aliphatic hydroxyl groups is 1. The van der Waals surface area contributed by atoms with Crippen molar-refractivity contribution < 1.29 is 14.7 Å². The summed E-state index contributed by atoms with van der Waals surface area (Å²) >= 11 is 0. The fraction of sp³-hybridized carbons (Fsp3) is 0.333. The van der Waals surface area contributed by atoms with E-state index < -0.39 is 17.6 Å². The molecule has 0 bridgehead atoms. The van der Waals surface area contributed by atoms with Crippen molar-refractivity contribution in [3.63, 3.8) is 0 Å². The van der Waals surface area contributed by atoms with E-state index in [0.29, 0.717) is 12.0 Å². The number of aromatic nitrogens is 1. The van der Waals surface area contributed by atoms with Gasteiger partial charge in [0.1, 0.15) is 11.7 Å². The number of aromatic amines is 1. The fourth-order valence-corrected chi connectivity index (χ4v) is 3.43. The van der Waals surface area contributed by atoms with E-state index in [0.717, 1.165) is 27.7 Å². The first kappa shape index (κ1) is 21.6. The molecule has 4 N–H and O–H groups in total. The van der Waals surface area contributed by atoms with Crippen LogP contribution < -0.4 is 10.6 Å². The maximum Gasteiger partial charge on any atom is 0.268 e. The van der Waals surface area contributed by atoms with Crippen molar-refractivity contribution in [3.8, 4) is 0 Å². The van der Waals surface area contributed by atoms with Gasteiger partial charge in [-0.1, -0.05) is 38.1 Å². The first-order chi connectivity index (χ1) is 14.0. The number of amides is 2. The molecule has 3 rings (SSSR count). The Kier molecular flexibility index (Phi) is 5.72. The summed E-state index contributed by atoms with van der Waals surface area (Å²) in [5.41, 5.74) is 4.05. The largest absolute Gasteiger partial charge is 0.388 e. The van der Waals surface area contributed by atoms with Crippen molar-refractivity contribution in [2.24, 2.45) is 0 Å². The molecule has 0 unspecified atom stereocenters. The van der Waals surface area contributed by atoms with Crippen LogP contribution in [0.25, 0.3) is 17.0 Å². The summed E-state index contributed by atoms with van der Waals surface area (Å²) in [4.78, 5) is 28.0. The van der Waals surface area contributed by atoms with Crippen molar-refractivity contribution in [2.45, 2.75) is 51.7 Å². The molecule has 1 aliphatic heterocycles. The van der Waals surface area contributed by atoms with E-state index in [4.69, 9.17) is 0 Å². The number of fused-ring (bicyclic) bond motifs is 1. The predicted octanol–water partition coefficient (Wildman–Crippen LogP) is 3.09. The van der Waals surface area contributed by atoms with Gasteiger partial charge in [-0.15, -0.1) is 6.58 Å². The number of H-pyrrole nitrogens is 1. The van der Waals surface area contributed by atoms with Crippen molar-refractivity contribution in [3.05, 3.63) is 65.5 Å². The molecule has 1 aromatic carbocycles. The minimum Gasteiger partial charge on any atom is -0.388 e. The molecule has 1 aromatic heterocycles. The molecule has 0 radical (unpaired) electrons. The number of hydrogen-bond donors (Lipinski definition) is 4. The molecule has 2 atom stereocenters. The monoisotopic (exact) mass is 407 g/mol. The molecule has 0 spiro atoms. The van der Waals surface area contributed by atoms with E-state index in [-0.39, 0.29) is 17.5 Å². The first-order valence-corrected chi connectivity index (χ1v) is 9.99. The van der Waals surface area contributed by atoms with Gasteiger partial charge in [0.2, 0.25) is 5.91 Å². The molecule has 2 amide bonds. The van der Waals surface area contributed by atoms with Gasteiger partial charge in [0, 0.05) is 34.0 Å². The van der Waals surface area contributed by atoms with Gasteiger partial charge in [-0.25, -0.2) is 0 Å². The Balaban J connectivity index is 2.18. The second-order valence-corrected chi connectivity index (χ2v) is 8.53. The van der Waals surface area contributed by atoms with Crippen LogP contribution in [-0.4, -0.2) is 34.1 Å². The number of hydrogen-bond acceptors (Lipinski definition) is 3. The van der Waals surface area contributed by atoms with Crippen LogP contribution in [0.5, 0.6) is 0 Å². The summed E-state index contributed by atoms with van der Waals surface area (Å²) in [6.07, 6.45) is 3.36. The van der Waals surface area contributed by atoms with Crippen LogP contribution in [0.1, 0.15) is 44.5 Å². The van der Waals surface area contributed by atoms with Gasteiger partial charge in [0.15, 0.2) is 0 Å². The lowest BCUT2D eigenvalue weighted by Gasteiger charge is -2.23. The molecule has 2 aromatic rings. The van der Waals surface area contributed by atoms with E-state index in [9.17, 15) is 14.7 Å². The Bertz CT molecular complexity index is 1070. The predicted molar refractivity (Wildman–Crippen MR) is 120 cm³/mol. The lowest BCUT2D eigenvalue weighted by Crippen LogP contribution is -2.53. The number of piperazine rings is 1. The van der Waals surface area contributed by atoms with Crippen LogP contribution in [0, 0.1) is 0 Å². The number of rotatable bonds is 6. The van der Waals surface area contributed by atoms with Gasteiger partial charge in [0.05, 0.1) is 6.10 Å². The Labute approximate surface area is 176 Å². The molecule has 0 aliphatic carbocycles. The van der Waals surface area contributed by atoms with Gasteiger partial charge in [0.25, 0.3) is 5.91 Å². The van der Waals surface area contributed by atoms with Crippen LogP contribution in [0.2, 0.25) is 0 Å². The molecule has 2 heterocycles. The van der Waals surface area contributed by atoms with Crippen molar-refractivity contribution in [1.29, 1.82) is 0 Å². The highest BCUT2D eigenvalue weighted by Crippen LogP contribution is 2.34. The highest BCUT2D eigenvalue weighted by atomic mass is 16.3. The minimum absolute atomic E-state index is 0.201. The second-order valence-electron chi connectivity index (χ2n) is 8.53. The molecule has 0 saturated carbocycles. The molecule has 1 saturated heterocycles. The summed E-state index contributed by atoms with van der Waals surface area (Å²) in [5, 5.41) is 16.5. The third kappa shape index (κ3) is 4.09. The second kappa shape index (κ2) is 7.95. The van der Waals surface area contributed by atoms with Crippen LogP contribution in [0.4, 0.5) is 0 Å². The third-order valence-electron chi connectivity index (χ3n) is 5.59. The highest BCUT2D eigenvalue weighted by molar-refractivity contribution is 6.08. The molecule has 1 aliphatic rings. The van der Waals surface area contributed by atoms with Crippen molar-refractivity contribution >= 4 is 28.8 Å². The van der Waals surface area contributed by atoms with Gasteiger partial charge >= 0.3 is 0 Å². The van der Waals surface area contributed by atoms with Gasteiger partial charge in [-0.2, -0.15) is 0 Å². The summed E-state index contributed by atoms with van der Waals surface area (Å²) in [6.45, 7) is 15.3. The lowest BCUT2D eigenvalue weighted by atomic mass is 9.86. The Morgan fingerprint density at radius 1 is 1.33 bits per heavy atom. The number of allylic oxidation sites excluding steroid dienone is 1. The number of carbonyl (C=O) groups excluding carboxylic acids is 2. The number of benzene rings is 1. The fourth-order valence-electron chi connectivity index (χ4n) is 3.43. The molecule has 30 heavy (non-hydrogen) atoms. The van der Waals surface area contributed by atoms with Gasteiger partial charge in [-0.05, 0) is 37.6 Å². The van der Waals surface area contributed by atoms with E-state index in [2.05, 4.69) is 28.8 Å². The topological polar surface area (TPSA) is 94.2 Å². The molecular formula is C24H29N3O3. The molecule has 158 valence electrons. The Morgan fingerprint density at radius 3 is 2.67 bits per heavy atom. The summed E-state index contributed by atoms with van der Waals surface area (Å²) in [7, 11) is 0. The lowest BCUT2D eigenvalue weighted by molar-refractivity contribution is -0.130. The zero-order valence-electron chi connectivity index (χ0n) is 17.9. The standard InChI is InChI=1S/C24H29N3O3/c1-7-24(5,6)21-17(12-19-23(30)25-14(4)22(29)27-19)16-10-15(8-9-18(16)26-21)11-20(28)13(2)3/h7-10,12,14,20,26,28H,1-2,11H2,3-6H3,(H,25,30)(H,27,29)/b19-12-/t14-,20+/m0/s1. The molecule has 6 heteroatoms. The summed E-state index contributed by atoms with van der Waals surface area (Å²) in [5.74, 6) is -0.580. The highest BCUT2D eigenvalue weighted by Gasteiger charge is 2.29. The maximum absolute atomic E-state index is 12.5. The number of aliphatic hydroxyl groups excluding tert-OH is 1. The van der Waals surface area contributed by atoms with Gasteiger partial charge < -0.3 is 20.7 Å². The van der Waals surface area contributed by atoms with Crippen LogP contribution in [0.3, 0.4) is 0 Å². The van der Waals surface area contributed by atoms with E-state index in [1.807, 2.05) is 38.1 Å². The van der Waals surface area contributed by atoms with Gasteiger partial charge in [-0.3, -0.25) is 9.59 Å². The average Bonchev–Trinajstić information content (AvgIpc) is 3.04. The Morgan fingerprint density at radius 2 is 2.03 bits per heavy atom. The quantitative estimate of drug-likeness (QED) is 0.438.